The summed E-state index contributed by atoms with van der Waals surface area (Å²) in [6.45, 7) is 4.92. The SMILES string of the molecule is Cc1ccc(CN2Cc3ccnn3CC(Oc3ncccn3)C2)o1. The molecule has 3 aromatic heterocycles. The topological polar surface area (TPSA) is 69.2 Å². The van der Waals surface area contributed by atoms with Crippen LogP contribution in [0.3, 0.4) is 0 Å². The molecule has 0 saturated carbocycles. The van der Waals surface area contributed by atoms with Gasteiger partial charge in [-0.25, -0.2) is 9.97 Å². The Bertz CT molecular complexity index is 798. The normalized spacial score (nSPS) is 18.1. The summed E-state index contributed by atoms with van der Waals surface area (Å²) in [5.41, 5.74) is 1.17. The van der Waals surface area contributed by atoms with Crippen LogP contribution in [0.5, 0.6) is 6.01 Å². The van der Waals surface area contributed by atoms with E-state index in [-0.39, 0.29) is 6.10 Å². The lowest BCUT2D eigenvalue weighted by atomic mass is 10.3. The second-order valence-corrected chi connectivity index (χ2v) is 5.96. The highest BCUT2D eigenvalue weighted by molar-refractivity contribution is 5.08. The van der Waals surface area contributed by atoms with Crippen LogP contribution in [0.1, 0.15) is 17.2 Å². The average molecular weight is 325 g/mol. The fourth-order valence-corrected chi connectivity index (χ4v) is 2.97. The summed E-state index contributed by atoms with van der Waals surface area (Å²) in [5.74, 6) is 1.88. The van der Waals surface area contributed by atoms with Gasteiger partial charge >= 0.3 is 6.01 Å². The van der Waals surface area contributed by atoms with Gasteiger partial charge in [0.25, 0.3) is 0 Å². The summed E-state index contributed by atoms with van der Waals surface area (Å²) in [4.78, 5) is 10.6. The second kappa shape index (κ2) is 6.45. The van der Waals surface area contributed by atoms with Gasteiger partial charge in [0.2, 0.25) is 0 Å². The summed E-state index contributed by atoms with van der Waals surface area (Å²) in [5, 5.41) is 4.40. The van der Waals surface area contributed by atoms with Crippen LogP contribution in [-0.4, -0.2) is 37.3 Å². The fraction of sp³-hybridized carbons (Fsp3) is 0.353. The molecule has 0 saturated heterocycles. The molecule has 0 spiro atoms. The summed E-state index contributed by atoms with van der Waals surface area (Å²) < 4.78 is 13.7. The van der Waals surface area contributed by atoms with Gasteiger partial charge in [-0.15, -0.1) is 0 Å². The molecule has 0 aliphatic carbocycles. The van der Waals surface area contributed by atoms with E-state index in [4.69, 9.17) is 9.15 Å². The van der Waals surface area contributed by atoms with Gasteiger partial charge in [-0.3, -0.25) is 9.58 Å². The van der Waals surface area contributed by atoms with Crippen LogP contribution >= 0.6 is 0 Å². The lowest BCUT2D eigenvalue weighted by Gasteiger charge is -2.22. The maximum absolute atomic E-state index is 5.98. The van der Waals surface area contributed by atoms with Gasteiger partial charge < -0.3 is 9.15 Å². The van der Waals surface area contributed by atoms with Gasteiger partial charge in [-0.2, -0.15) is 5.10 Å². The van der Waals surface area contributed by atoms with Crippen LogP contribution in [0.25, 0.3) is 0 Å². The second-order valence-electron chi connectivity index (χ2n) is 5.96. The van der Waals surface area contributed by atoms with E-state index in [0.717, 1.165) is 31.2 Å². The van der Waals surface area contributed by atoms with Crippen LogP contribution in [0.2, 0.25) is 0 Å². The Kier molecular flexibility index (Phi) is 4.00. The van der Waals surface area contributed by atoms with Crippen molar-refractivity contribution in [1.29, 1.82) is 0 Å². The molecule has 0 fully saturated rings. The maximum atomic E-state index is 5.98. The fourth-order valence-electron chi connectivity index (χ4n) is 2.97. The molecule has 0 aromatic carbocycles. The van der Waals surface area contributed by atoms with Crippen molar-refractivity contribution in [2.24, 2.45) is 0 Å². The molecule has 1 atom stereocenters. The molecule has 1 aliphatic heterocycles. The molecule has 4 heterocycles. The number of nitrogens with zero attached hydrogens (tertiary/aromatic N) is 5. The smallest absolute Gasteiger partial charge is 0.316 e. The third-order valence-electron chi connectivity index (χ3n) is 4.02. The molecule has 7 nitrogen and oxygen atoms in total. The molecule has 24 heavy (non-hydrogen) atoms. The monoisotopic (exact) mass is 325 g/mol. The first-order valence-electron chi connectivity index (χ1n) is 7.98. The molecule has 1 aliphatic rings. The Morgan fingerprint density at radius 2 is 2.04 bits per heavy atom. The number of hydrogen-bond donors (Lipinski definition) is 0. The van der Waals surface area contributed by atoms with Crippen LogP contribution in [0.15, 0.2) is 47.3 Å². The lowest BCUT2D eigenvalue weighted by Crippen LogP contribution is -2.35. The third kappa shape index (κ3) is 3.30. The highest BCUT2D eigenvalue weighted by Gasteiger charge is 2.25. The number of aromatic nitrogens is 4. The van der Waals surface area contributed by atoms with Crippen molar-refractivity contribution in [2.45, 2.75) is 32.7 Å². The zero-order chi connectivity index (χ0) is 16.4. The molecule has 0 radical (unpaired) electrons. The van der Waals surface area contributed by atoms with E-state index < -0.39 is 0 Å². The number of rotatable bonds is 4. The molecule has 0 bridgehead atoms. The van der Waals surface area contributed by atoms with Gasteiger partial charge in [-0.05, 0) is 31.2 Å². The predicted octanol–water partition coefficient (Wildman–Crippen LogP) is 2.04. The van der Waals surface area contributed by atoms with Crippen LogP contribution < -0.4 is 4.74 Å². The van der Waals surface area contributed by atoms with Gasteiger partial charge in [0, 0.05) is 31.7 Å². The van der Waals surface area contributed by atoms with Crippen molar-refractivity contribution in [1.82, 2.24) is 24.6 Å². The minimum atomic E-state index is -0.0791. The van der Waals surface area contributed by atoms with E-state index in [1.54, 1.807) is 18.5 Å². The Labute approximate surface area is 139 Å². The first kappa shape index (κ1) is 14.9. The first-order valence-corrected chi connectivity index (χ1v) is 7.98. The zero-order valence-electron chi connectivity index (χ0n) is 13.5. The zero-order valence-corrected chi connectivity index (χ0v) is 13.5. The molecule has 1 unspecified atom stereocenters. The highest BCUT2D eigenvalue weighted by Crippen LogP contribution is 2.18. The van der Waals surface area contributed by atoms with Crippen molar-refractivity contribution >= 4 is 0 Å². The third-order valence-corrected chi connectivity index (χ3v) is 4.02. The van der Waals surface area contributed by atoms with Crippen molar-refractivity contribution in [3.63, 3.8) is 0 Å². The van der Waals surface area contributed by atoms with Gasteiger partial charge in [0.05, 0.1) is 18.8 Å². The van der Waals surface area contributed by atoms with Crippen molar-refractivity contribution < 1.29 is 9.15 Å². The minimum Gasteiger partial charge on any atom is -0.465 e. The molecular formula is C17H19N5O2. The number of aryl methyl sites for hydroxylation is 1. The van der Waals surface area contributed by atoms with Crippen molar-refractivity contribution in [2.75, 3.05) is 6.54 Å². The molecule has 0 N–H and O–H groups in total. The molecular weight excluding hydrogens is 306 g/mol. The van der Waals surface area contributed by atoms with E-state index >= 15 is 0 Å². The minimum absolute atomic E-state index is 0.0791. The maximum Gasteiger partial charge on any atom is 0.316 e. The first-order chi connectivity index (χ1) is 11.8. The number of ether oxygens (including phenoxy) is 1. The average Bonchev–Trinajstić information content (AvgIpc) is 3.14. The summed E-state index contributed by atoms with van der Waals surface area (Å²) in [7, 11) is 0. The van der Waals surface area contributed by atoms with Crippen LogP contribution in [0.4, 0.5) is 0 Å². The Morgan fingerprint density at radius 1 is 1.17 bits per heavy atom. The van der Waals surface area contributed by atoms with Crippen molar-refractivity contribution in [3.8, 4) is 6.01 Å². The van der Waals surface area contributed by atoms with Crippen LogP contribution in [0, 0.1) is 6.92 Å². The standard InChI is InChI=1S/C17H19N5O2/c1-13-3-4-15(23-13)10-21-9-14-5-8-20-22(14)12-16(11-21)24-17-18-6-2-7-19-17/h2-8,16H,9-12H2,1H3. The van der Waals surface area contributed by atoms with E-state index in [1.807, 2.05) is 36.0 Å². The molecule has 7 heteroatoms. The number of hydrogen-bond acceptors (Lipinski definition) is 6. The Morgan fingerprint density at radius 3 is 2.83 bits per heavy atom. The molecule has 124 valence electrons. The molecule has 4 rings (SSSR count). The highest BCUT2D eigenvalue weighted by atomic mass is 16.5. The lowest BCUT2D eigenvalue weighted by molar-refractivity contribution is 0.109. The quantitative estimate of drug-likeness (QED) is 0.731. The predicted molar refractivity (Wildman–Crippen MR) is 86.2 cm³/mol. The largest absolute Gasteiger partial charge is 0.465 e. The van der Waals surface area contributed by atoms with Gasteiger partial charge in [0.15, 0.2) is 0 Å². The van der Waals surface area contributed by atoms with Gasteiger partial charge in [-0.1, -0.05) is 0 Å². The van der Waals surface area contributed by atoms with E-state index in [9.17, 15) is 0 Å². The Balaban J connectivity index is 1.54. The molecule has 3 aromatic rings. The Hall–Kier alpha value is -2.67. The van der Waals surface area contributed by atoms with E-state index in [2.05, 4.69) is 20.0 Å². The summed E-state index contributed by atoms with van der Waals surface area (Å²) in [6, 6.07) is 8.22. The van der Waals surface area contributed by atoms with E-state index in [1.165, 1.54) is 5.69 Å². The van der Waals surface area contributed by atoms with Gasteiger partial charge in [0.1, 0.15) is 17.6 Å². The van der Waals surface area contributed by atoms with Crippen LogP contribution in [-0.2, 0) is 19.6 Å². The summed E-state index contributed by atoms with van der Waals surface area (Å²) >= 11 is 0. The molecule has 0 amide bonds. The van der Waals surface area contributed by atoms with Crippen molar-refractivity contribution in [3.05, 3.63) is 60.1 Å². The number of furan rings is 1. The number of fused-ring (bicyclic) bond motifs is 1. The van der Waals surface area contributed by atoms with E-state index in [0.29, 0.717) is 12.6 Å². The summed E-state index contributed by atoms with van der Waals surface area (Å²) in [6.07, 6.45) is 5.11.